The van der Waals surface area contributed by atoms with Crippen LogP contribution >= 0.6 is 11.3 Å². The molecular formula is C16H19F3N4OS. The fraction of sp³-hybridized carbons (Fsp3) is 0.375. The third-order valence-electron chi connectivity index (χ3n) is 3.17. The summed E-state index contributed by atoms with van der Waals surface area (Å²) in [6, 6.07) is 6.73. The Morgan fingerprint density at radius 1 is 1.24 bits per heavy atom. The summed E-state index contributed by atoms with van der Waals surface area (Å²) < 4.78 is 37.6. The highest BCUT2D eigenvalue weighted by atomic mass is 32.1. The molecule has 0 saturated heterocycles. The van der Waals surface area contributed by atoms with Crippen molar-refractivity contribution in [3.05, 3.63) is 45.9 Å². The Morgan fingerprint density at radius 2 is 1.96 bits per heavy atom. The van der Waals surface area contributed by atoms with Gasteiger partial charge in [-0.05, 0) is 24.6 Å². The maximum absolute atomic E-state index is 12.5. The number of aromatic hydroxyl groups is 1. The van der Waals surface area contributed by atoms with Gasteiger partial charge in [-0.3, -0.25) is 0 Å². The van der Waals surface area contributed by atoms with Crippen LogP contribution < -0.4 is 10.6 Å². The van der Waals surface area contributed by atoms with E-state index < -0.39 is 11.9 Å². The molecule has 0 radical (unpaired) electrons. The maximum Gasteiger partial charge on any atom is 0.434 e. The molecule has 5 nitrogen and oxygen atoms in total. The summed E-state index contributed by atoms with van der Waals surface area (Å²) >= 11 is 0.998. The number of guanidine groups is 1. The topological polar surface area (TPSA) is 69.5 Å². The van der Waals surface area contributed by atoms with E-state index in [9.17, 15) is 18.3 Å². The summed E-state index contributed by atoms with van der Waals surface area (Å²) in [4.78, 5) is 8.00. The number of phenolic OH excluding ortho intramolecular Hbond substituents is 1. The van der Waals surface area contributed by atoms with Crippen molar-refractivity contribution in [1.82, 2.24) is 15.6 Å². The lowest BCUT2D eigenvalue weighted by molar-refractivity contribution is -0.140. The lowest BCUT2D eigenvalue weighted by Gasteiger charge is -2.10. The molecule has 1 aromatic heterocycles. The van der Waals surface area contributed by atoms with Gasteiger partial charge in [-0.15, -0.1) is 11.3 Å². The summed E-state index contributed by atoms with van der Waals surface area (Å²) in [6.45, 7) is 3.43. The number of aliphatic imine (C=N–C) groups is 1. The largest absolute Gasteiger partial charge is 0.508 e. The molecule has 0 aliphatic carbocycles. The zero-order chi connectivity index (χ0) is 18.3. The minimum atomic E-state index is -4.40. The summed E-state index contributed by atoms with van der Waals surface area (Å²) in [7, 11) is 0. The van der Waals surface area contributed by atoms with E-state index in [1.807, 2.05) is 6.92 Å². The summed E-state index contributed by atoms with van der Waals surface area (Å²) in [5, 5.41) is 16.9. The van der Waals surface area contributed by atoms with Gasteiger partial charge in [0, 0.05) is 24.9 Å². The van der Waals surface area contributed by atoms with Crippen LogP contribution in [0.3, 0.4) is 0 Å². The molecule has 136 valence electrons. The number of nitrogens with zero attached hydrogens (tertiary/aromatic N) is 2. The van der Waals surface area contributed by atoms with Crippen LogP contribution in [-0.4, -0.2) is 29.1 Å². The Kier molecular flexibility index (Phi) is 6.63. The summed E-state index contributed by atoms with van der Waals surface area (Å²) in [5.41, 5.74) is 0.0881. The smallest absolute Gasteiger partial charge is 0.434 e. The first-order chi connectivity index (χ1) is 11.9. The maximum atomic E-state index is 12.5. The molecule has 1 heterocycles. The predicted molar refractivity (Wildman–Crippen MR) is 91.7 cm³/mol. The van der Waals surface area contributed by atoms with Gasteiger partial charge in [0.05, 0.1) is 11.6 Å². The Hall–Kier alpha value is -2.29. The molecule has 0 unspecified atom stereocenters. The number of aromatic nitrogens is 1. The lowest BCUT2D eigenvalue weighted by Crippen LogP contribution is -2.38. The van der Waals surface area contributed by atoms with Crippen LogP contribution in [0.2, 0.25) is 0 Å². The Balaban J connectivity index is 1.87. The van der Waals surface area contributed by atoms with Crippen LogP contribution in [0.15, 0.2) is 34.6 Å². The fourth-order valence-electron chi connectivity index (χ4n) is 1.96. The molecule has 0 bridgehead atoms. The van der Waals surface area contributed by atoms with Crippen LogP contribution in [-0.2, 0) is 19.1 Å². The first-order valence-corrected chi connectivity index (χ1v) is 8.58. The van der Waals surface area contributed by atoms with Gasteiger partial charge in [0.1, 0.15) is 5.75 Å². The number of thiazole rings is 1. The number of rotatable bonds is 6. The van der Waals surface area contributed by atoms with Gasteiger partial charge in [0.15, 0.2) is 11.7 Å². The van der Waals surface area contributed by atoms with E-state index >= 15 is 0 Å². The molecule has 25 heavy (non-hydrogen) atoms. The third kappa shape index (κ3) is 6.26. The second-order valence-electron chi connectivity index (χ2n) is 5.16. The average molecular weight is 372 g/mol. The fourth-order valence-corrected chi connectivity index (χ4v) is 2.76. The van der Waals surface area contributed by atoms with Gasteiger partial charge in [0.25, 0.3) is 0 Å². The van der Waals surface area contributed by atoms with Crippen LogP contribution in [0.4, 0.5) is 13.2 Å². The van der Waals surface area contributed by atoms with Gasteiger partial charge in [-0.1, -0.05) is 12.1 Å². The molecule has 9 heteroatoms. The summed E-state index contributed by atoms with van der Waals surface area (Å²) in [6.07, 6.45) is -4.02. The van der Waals surface area contributed by atoms with Crippen LogP contribution in [0.1, 0.15) is 23.2 Å². The molecule has 0 aliphatic heterocycles. The molecular weight excluding hydrogens is 353 g/mol. The van der Waals surface area contributed by atoms with Gasteiger partial charge in [0.2, 0.25) is 0 Å². The van der Waals surface area contributed by atoms with E-state index in [-0.39, 0.29) is 5.75 Å². The minimum Gasteiger partial charge on any atom is -0.508 e. The van der Waals surface area contributed by atoms with Crippen molar-refractivity contribution in [1.29, 1.82) is 0 Å². The summed E-state index contributed by atoms with van der Waals surface area (Å²) in [5.74, 6) is 0.766. The van der Waals surface area contributed by atoms with Crippen molar-refractivity contribution in [3.63, 3.8) is 0 Å². The van der Waals surface area contributed by atoms with Crippen molar-refractivity contribution in [2.24, 2.45) is 4.99 Å². The second kappa shape index (κ2) is 8.70. The standard InChI is InChI=1S/C16H19F3N4OS/c1-2-20-15(22-9-11-3-5-12(24)6-4-11)21-8-7-14-23-13(10-25-14)16(17,18)19/h3-6,10,24H,2,7-9H2,1H3,(H2,20,21,22). The predicted octanol–water partition coefficient (Wildman–Crippen LogP) is 3.17. The van der Waals surface area contributed by atoms with Crippen LogP contribution in [0.5, 0.6) is 5.75 Å². The average Bonchev–Trinajstić information content (AvgIpc) is 3.03. The molecule has 3 N–H and O–H groups in total. The number of halogens is 3. The van der Waals surface area contributed by atoms with Crippen molar-refractivity contribution in [2.45, 2.75) is 26.1 Å². The number of nitrogens with one attached hydrogen (secondary N) is 2. The van der Waals surface area contributed by atoms with Crippen molar-refractivity contribution >= 4 is 17.3 Å². The Labute approximate surface area is 147 Å². The number of benzene rings is 1. The van der Waals surface area contributed by atoms with Crippen LogP contribution in [0.25, 0.3) is 0 Å². The number of alkyl halides is 3. The monoisotopic (exact) mass is 372 g/mol. The molecule has 2 aromatic rings. The first kappa shape index (κ1) is 19.0. The van der Waals surface area contributed by atoms with E-state index in [1.54, 1.807) is 24.3 Å². The van der Waals surface area contributed by atoms with Gasteiger partial charge in [-0.2, -0.15) is 13.2 Å². The molecule has 0 amide bonds. The lowest BCUT2D eigenvalue weighted by atomic mass is 10.2. The second-order valence-corrected chi connectivity index (χ2v) is 6.11. The molecule has 0 aliphatic rings. The van der Waals surface area contributed by atoms with Crippen molar-refractivity contribution < 1.29 is 18.3 Å². The molecule has 0 saturated carbocycles. The highest BCUT2D eigenvalue weighted by Crippen LogP contribution is 2.29. The number of phenols is 1. The molecule has 1 aromatic carbocycles. The van der Waals surface area contributed by atoms with E-state index in [0.29, 0.717) is 37.0 Å². The quantitative estimate of drug-likeness (QED) is 0.538. The highest BCUT2D eigenvalue weighted by Gasteiger charge is 2.33. The molecule has 2 rings (SSSR count). The molecule has 0 fully saturated rings. The third-order valence-corrected chi connectivity index (χ3v) is 4.08. The Morgan fingerprint density at radius 3 is 2.56 bits per heavy atom. The SMILES string of the molecule is CCNC(=NCc1ccc(O)cc1)NCCc1nc(C(F)(F)F)cs1. The van der Waals surface area contributed by atoms with E-state index in [4.69, 9.17) is 0 Å². The van der Waals surface area contributed by atoms with Crippen molar-refractivity contribution in [2.75, 3.05) is 13.1 Å². The Bertz CT molecular complexity index is 698. The zero-order valence-electron chi connectivity index (χ0n) is 13.6. The zero-order valence-corrected chi connectivity index (χ0v) is 14.4. The van der Waals surface area contributed by atoms with Crippen LogP contribution in [0, 0.1) is 0 Å². The van der Waals surface area contributed by atoms with Gasteiger partial charge >= 0.3 is 6.18 Å². The van der Waals surface area contributed by atoms with Gasteiger partial charge < -0.3 is 15.7 Å². The first-order valence-electron chi connectivity index (χ1n) is 7.70. The van der Waals surface area contributed by atoms with E-state index in [0.717, 1.165) is 22.3 Å². The van der Waals surface area contributed by atoms with Crippen molar-refractivity contribution in [3.8, 4) is 5.75 Å². The highest BCUT2D eigenvalue weighted by molar-refractivity contribution is 7.09. The number of hydrogen-bond donors (Lipinski definition) is 3. The number of hydrogen-bond acceptors (Lipinski definition) is 4. The molecule has 0 atom stereocenters. The minimum absolute atomic E-state index is 0.194. The van der Waals surface area contributed by atoms with E-state index in [1.165, 1.54) is 0 Å². The molecule has 0 spiro atoms. The normalized spacial score (nSPS) is 12.2. The van der Waals surface area contributed by atoms with E-state index in [2.05, 4.69) is 20.6 Å². The van der Waals surface area contributed by atoms with Gasteiger partial charge in [-0.25, -0.2) is 9.98 Å².